The molecule has 0 aliphatic carbocycles. The minimum absolute atomic E-state index is 0. The van der Waals surface area contributed by atoms with Crippen molar-refractivity contribution in [3.63, 3.8) is 0 Å². The smallest absolute Gasteiger partial charge is 0.282 e. The van der Waals surface area contributed by atoms with E-state index in [1.54, 1.807) is 0 Å². The second-order valence-electron chi connectivity index (χ2n) is 2.23. The average Bonchev–Trinajstić information content (AvgIpc) is 2.03. The number of hydrogen-bond acceptors (Lipinski definition) is 4. The zero-order valence-corrected chi connectivity index (χ0v) is 7.06. The Kier molecular flexibility index (Phi) is 4.45. The molecule has 6 nitrogen and oxygen atoms in total. The minimum Gasteiger partial charge on any atom is -0.282 e. The molecule has 14 heavy (non-hydrogen) atoms. The Labute approximate surface area is 96.0 Å². The van der Waals surface area contributed by atoms with Crippen molar-refractivity contribution >= 4 is 38.9 Å². The van der Waals surface area contributed by atoms with Crippen LogP contribution in [0.15, 0.2) is 29.2 Å². The highest BCUT2D eigenvalue weighted by molar-refractivity contribution is 7.85. The van der Waals surface area contributed by atoms with Gasteiger partial charge >= 0.3 is 23.1 Å². The molecule has 0 saturated carbocycles. The fraction of sp³-hybridized carbons (Fsp3) is 0. The summed E-state index contributed by atoms with van der Waals surface area (Å²) in [5.41, 5.74) is -0.380. The first kappa shape index (κ1) is 13.3. The second-order valence-corrected chi connectivity index (χ2v) is 3.65. The Balaban J connectivity index is 0.00000169. The summed E-state index contributed by atoms with van der Waals surface area (Å²) in [6, 6.07) is 4.17. The zero-order valence-electron chi connectivity index (χ0n) is 6.25. The third kappa shape index (κ3) is 3.22. The SMILES string of the molecule is O=[N+]([O-])c1cccc(S(=O)(=O)O)c1.[MgH2]. The lowest BCUT2D eigenvalue weighted by Gasteiger charge is -1.95. The predicted octanol–water partition coefficient (Wildman–Crippen LogP) is -0.0747. The third-order valence-corrected chi connectivity index (χ3v) is 2.18. The van der Waals surface area contributed by atoms with Gasteiger partial charge in [-0.05, 0) is 6.07 Å². The summed E-state index contributed by atoms with van der Waals surface area (Å²) in [6.07, 6.45) is 0. The first-order chi connectivity index (χ1) is 5.91. The number of nitro groups is 1. The Morgan fingerprint density at radius 3 is 2.36 bits per heavy atom. The number of nitrogens with zero attached hydrogens (tertiary/aromatic N) is 1. The first-order valence-electron chi connectivity index (χ1n) is 3.13. The van der Waals surface area contributed by atoms with Crippen LogP contribution >= 0.6 is 0 Å². The summed E-state index contributed by atoms with van der Waals surface area (Å²) >= 11 is 0. The lowest BCUT2D eigenvalue weighted by Crippen LogP contribution is -1.98. The van der Waals surface area contributed by atoms with E-state index in [-0.39, 0.29) is 28.7 Å². The molecular weight excluding hydrogens is 222 g/mol. The van der Waals surface area contributed by atoms with Crippen LogP contribution in [-0.4, -0.2) is 40.9 Å². The maximum atomic E-state index is 10.5. The van der Waals surface area contributed by atoms with Crippen molar-refractivity contribution in [3.05, 3.63) is 34.4 Å². The highest BCUT2D eigenvalue weighted by Gasteiger charge is 2.13. The van der Waals surface area contributed by atoms with E-state index in [1.165, 1.54) is 6.07 Å². The van der Waals surface area contributed by atoms with Crippen molar-refractivity contribution in [2.24, 2.45) is 0 Å². The molecule has 0 aliphatic rings. The molecule has 1 N–H and O–H groups in total. The summed E-state index contributed by atoms with van der Waals surface area (Å²) in [5.74, 6) is 0. The van der Waals surface area contributed by atoms with Crippen LogP contribution in [0.2, 0.25) is 0 Å². The highest BCUT2D eigenvalue weighted by atomic mass is 32.2. The summed E-state index contributed by atoms with van der Waals surface area (Å²) < 4.78 is 29.6. The maximum absolute atomic E-state index is 10.5. The predicted molar refractivity (Wildman–Crippen MR) is 51.5 cm³/mol. The van der Waals surface area contributed by atoms with Crippen LogP contribution < -0.4 is 0 Å². The normalized spacial score (nSPS) is 10.4. The van der Waals surface area contributed by atoms with E-state index in [4.69, 9.17) is 4.55 Å². The molecule has 1 rings (SSSR count). The van der Waals surface area contributed by atoms with E-state index in [0.717, 1.165) is 18.2 Å². The molecule has 0 aromatic heterocycles. The molecule has 0 unspecified atom stereocenters. The number of hydrogen-bond donors (Lipinski definition) is 1. The van der Waals surface area contributed by atoms with E-state index in [0.29, 0.717) is 0 Å². The van der Waals surface area contributed by atoms with Gasteiger partial charge in [0.15, 0.2) is 0 Å². The van der Waals surface area contributed by atoms with Crippen molar-refractivity contribution in [2.75, 3.05) is 0 Å². The van der Waals surface area contributed by atoms with Gasteiger partial charge in [0.05, 0.1) is 4.92 Å². The Morgan fingerprint density at radius 2 is 1.93 bits per heavy atom. The molecule has 0 heterocycles. The largest absolute Gasteiger partial charge is 0.316 e. The van der Waals surface area contributed by atoms with Crippen LogP contribution in [-0.2, 0) is 10.1 Å². The van der Waals surface area contributed by atoms with Gasteiger partial charge in [-0.15, -0.1) is 0 Å². The molecule has 0 bridgehead atoms. The van der Waals surface area contributed by atoms with Gasteiger partial charge in [0.25, 0.3) is 15.8 Å². The standard InChI is InChI=1S/C6H5NO5S.Mg.2H/c8-7(9)5-2-1-3-6(4-5)13(10,11)12;;;/h1-4H,(H,10,11,12);;;. The highest BCUT2D eigenvalue weighted by Crippen LogP contribution is 2.16. The topological polar surface area (TPSA) is 97.5 Å². The molecule has 74 valence electrons. The van der Waals surface area contributed by atoms with Crippen molar-refractivity contribution in [3.8, 4) is 0 Å². The molecule has 0 fully saturated rings. The van der Waals surface area contributed by atoms with E-state index < -0.39 is 19.9 Å². The van der Waals surface area contributed by atoms with Crippen LogP contribution in [0, 0.1) is 10.1 Å². The molecule has 8 heteroatoms. The second kappa shape index (κ2) is 4.69. The van der Waals surface area contributed by atoms with Gasteiger partial charge in [0.2, 0.25) is 0 Å². The van der Waals surface area contributed by atoms with Gasteiger partial charge in [-0.2, -0.15) is 8.42 Å². The number of rotatable bonds is 2. The maximum Gasteiger partial charge on any atom is 0.316 e. The molecule has 1 aromatic rings. The first-order valence-corrected chi connectivity index (χ1v) is 4.57. The van der Waals surface area contributed by atoms with Crippen LogP contribution in [0.4, 0.5) is 5.69 Å². The summed E-state index contributed by atoms with van der Waals surface area (Å²) in [6.45, 7) is 0. The molecule has 0 radical (unpaired) electrons. The van der Waals surface area contributed by atoms with E-state index >= 15 is 0 Å². The van der Waals surface area contributed by atoms with Gasteiger partial charge in [0, 0.05) is 12.1 Å². The fourth-order valence-corrected chi connectivity index (χ4v) is 1.28. The fourth-order valence-electron chi connectivity index (χ4n) is 0.758. The van der Waals surface area contributed by atoms with Gasteiger partial charge < -0.3 is 0 Å². The summed E-state index contributed by atoms with van der Waals surface area (Å²) in [7, 11) is -4.36. The molecular formula is C6H7MgNO5S. The molecule has 0 saturated heterocycles. The van der Waals surface area contributed by atoms with E-state index in [9.17, 15) is 18.5 Å². The van der Waals surface area contributed by atoms with Crippen LogP contribution in [0.5, 0.6) is 0 Å². The van der Waals surface area contributed by atoms with Crippen molar-refractivity contribution in [1.82, 2.24) is 0 Å². The quantitative estimate of drug-likeness (QED) is 0.331. The van der Waals surface area contributed by atoms with E-state index in [2.05, 4.69) is 0 Å². The van der Waals surface area contributed by atoms with Gasteiger partial charge in [-0.25, -0.2) is 0 Å². The molecule has 0 spiro atoms. The molecule has 1 aromatic carbocycles. The molecule has 0 aliphatic heterocycles. The monoisotopic (exact) mass is 229 g/mol. The lowest BCUT2D eigenvalue weighted by atomic mass is 10.3. The zero-order chi connectivity index (χ0) is 10.1. The van der Waals surface area contributed by atoms with Gasteiger partial charge in [-0.3, -0.25) is 14.7 Å². The Hall–Kier alpha value is -0.704. The van der Waals surface area contributed by atoms with E-state index in [1.807, 2.05) is 0 Å². The third-order valence-electron chi connectivity index (χ3n) is 1.33. The van der Waals surface area contributed by atoms with Crippen LogP contribution in [0.25, 0.3) is 0 Å². The van der Waals surface area contributed by atoms with Gasteiger partial charge in [0.1, 0.15) is 4.90 Å². The number of benzene rings is 1. The van der Waals surface area contributed by atoms with Crippen molar-refractivity contribution in [1.29, 1.82) is 0 Å². The molecule has 0 atom stereocenters. The minimum atomic E-state index is -4.36. The Bertz CT molecular complexity index is 443. The summed E-state index contributed by atoms with van der Waals surface area (Å²) in [5, 5.41) is 10.2. The van der Waals surface area contributed by atoms with Gasteiger partial charge in [-0.1, -0.05) is 6.07 Å². The van der Waals surface area contributed by atoms with Crippen molar-refractivity contribution < 1.29 is 17.9 Å². The Morgan fingerprint density at radius 1 is 1.36 bits per heavy atom. The lowest BCUT2D eigenvalue weighted by molar-refractivity contribution is -0.385. The average molecular weight is 229 g/mol. The number of non-ortho nitro benzene ring substituents is 1. The van der Waals surface area contributed by atoms with Crippen LogP contribution in [0.3, 0.4) is 0 Å². The van der Waals surface area contributed by atoms with Crippen molar-refractivity contribution in [2.45, 2.75) is 4.90 Å². The number of nitro benzene ring substituents is 1. The van der Waals surface area contributed by atoms with Crippen LogP contribution in [0.1, 0.15) is 0 Å². The molecule has 0 amide bonds. The summed E-state index contributed by atoms with van der Waals surface area (Å²) in [4.78, 5) is 8.98.